The third-order valence-corrected chi connectivity index (χ3v) is 4.35. The number of piperazine rings is 1. The number of anilines is 1. The molecule has 20 heavy (non-hydrogen) atoms. The minimum atomic E-state index is -0.214. The second-order valence-electron chi connectivity index (χ2n) is 4.64. The topological polar surface area (TPSA) is 45.7 Å². The SMILES string of the molecule is CCOC(=O)N1CCN(c2nccc3sccc23)CC1. The largest absolute Gasteiger partial charge is 0.450 e. The Kier molecular flexibility index (Phi) is 3.73. The molecule has 2 aromatic rings. The average Bonchev–Trinajstić information content (AvgIpc) is 2.96. The van der Waals surface area contributed by atoms with E-state index in [-0.39, 0.29) is 6.09 Å². The molecule has 1 saturated heterocycles. The van der Waals surface area contributed by atoms with E-state index in [1.807, 2.05) is 19.2 Å². The molecule has 106 valence electrons. The number of hydrogen-bond donors (Lipinski definition) is 0. The molecule has 0 radical (unpaired) electrons. The summed E-state index contributed by atoms with van der Waals surface area (Å²) < 4.78 is 6.29. The molecule has 5 nitrogen and oxygen atoms in total. The van der Waals surface area contributed by atoms with E-state index in [1.54, 1.807) is 16.2 Å². The van der Waals surface area contributed by atoms with Crippen LogP contribution in [0.2, 0.25) is 0 Å². The Morgan fingerprint density at radius 1 is 1.35 bits per heavy atom. The number of ether oxygens (including phenoxy) is 1. The van der Waals surface area contributed by atoms with Crippen molar-refractivity contribution in [3.8, 4) is 0 Å². The van der Waals surface area contributed by atoms with Gasteiger partial charge in [0.15, 0.2) is 0 Å². The van der Waals surface area contributed by atoms with Crippen LogP contribution in [-0.2, 0) is 4.74 Å². The highest BCUT2D eigenvalue weighted by Gasteiger charge is 2.23. The van der Waals surface area contributed by atoms with Crippen molar-refractivity contribution in [3.05, 3.63) is 23.7 Å². The van der Waals surface area contributed by atoms with Crippen molar-refractivity contribution in [2.75, 3.05) is 37.7 Å². The molecule has 1 amide bonds. The highest BCUT2D eigenvalue weighted by atomic mass is 32.1. The average molecular weight is 291 g/mol. The molecule has 0 N–H and O–H groups in total. The molecule has 0 unspecified atom stereocenters. The Morgan fingerprint density at radius 2 is 2.15 bits per heavy atom. The molecular weight excluding hydrogens is 274 g/mol. The Bertz CT molecular complexity index is 605. The van der Waals surface area contributed by atoms with Gasteiger partial charge in [0.25, 0.3) is 0 Å². The Hall–Kier alpha value is -1.82. The van der Waals surface area contributed by atoms with Crippen molar-refractivity contribution in [1.29, 1.82) is 0 Å². The quantitative estimate of drug-likeness (QED) is 0.853. The van der Waals surface area contributed by atoms with Crippen molar-refractivity contribution in [1.82, 2.24) is 9.88 Å². The summed E-state index contributed by atoms with van der Waals surface area (Å²) in [7, 11) is 0. The van der Waals surface area contributed by atoms with Crippen molar-refractivity contribution in [2.24, 2.45) is 0 Å². The fourth-order valence-corrected chi connectivity index (χ4v) is 3.22. The van der Waals surface area contributed by atoms with Gasteiger partial charge in [-0.25, -0.2) is 9.78 Å². The molecule has 3 rings (SSSR count). The van der Waals surface area contributed by atoms with Crippen molar-refractivity contribution in [3.63, 3.8) is 0 Å². The summed E-state index contributed by atoms with van der Waals surface area (Å²) in [5, 5.41) is 3.28. The van der Waals surface area contributed by atoms with Gasteiger partial charge in [-0.15, -0.1) is 11.3 Å². The van der Waals surface area contributed by atoms with Crippen LogP contribution in [-0.4, -0.2) is 48.8 Å². The van der Waals surface area contributed by atoms with Gasteiger partial charge in [-0.3, -0.25) is 0 Å². The molecule has 0 atom stereocenters. The number of carbonyl (C=O) groups excluding carboxylic acids is 1. The summed E-state index contributed by atoms with van der Waals surface area (Å²) in [5.41, 5.74) is 0. The van der Waals surface area contributed by atoms with Crippen LogP contribution in [0.3, 0.4) is 0 Å². The maximum absolute atomic E-state index is 11.7. The van der Waals surface area contributed by atoms with Gasteiger partial charge in [0.2, 0.25) is 0 Å². The molecule has 1 aliphatic rings. The molecule has 0 aliphatic carbocycles. The molecule has 0 spiro atoms. The number of nitrogens with zero attached hydrogens (tertiary/aromatic N) is 3. The number of carbonyl (C=O) groups is 1. The number of hydrogen-bond acceptors (Lipinski definition) is 5. The monoisotopic (exact) mass is 291 g/mol. The highest BCUT2D eigenvalue weighted by molar-refractivity contribution is 7.17. The first kappa shape index (κ1) is 13.2. The van der Waals surface area contributed by atoms with Gasteiger partial charge in [-0.05, 0) is 24.4 Å². The van der Waals surface area contributed by atoms with Crippen molar-refractivity contribution < 1.29 is 9.53 Å². The van der Waals surface area contributed by atoms with E-state index >= 15 is 0 Å². The lowest BCUT2D eigenvalue weighted by atomic mass is 10.2. The zero-order valence-corrected chi connectivity index (χ0v) is 12.2. The number of amides is 1. The summed E-state index contributed by atoms with van der Waals surface area (Å²) in [5.74, 6) is 1.02. The fraction of sp³-hybridized carbons (Fsp3) is 0.429. The Labute approximate surface area is 121 Å². The van der Waals surface area contributed by atoms with Crippen LogP contribution < -0.4 is 4.90 Å². The predicted octanol–water partition coefficient (Wildman–Crippen LogP) is 2.57. The van der Waals surface area contributed by atoms with Gasteiger partial charge < -0.3 is 14.5 Å². The van der Waals surface area contributed by atoms with Crippen LogP contribution >= 0.6 is 11.3 Å². The summed E-state index contributed by atoms with van der Waals surface area (Å²) in [6, 6.07) is 4.15. The lowest BCUT2D eigenvalue weighted by molar-refractivity contribution is 0.105. The van der Waals surface area contributed by atoms with E-state index in [9.17, 15) is 4.79 Å². The highest BCUT2D eigenvalue weighted by Crippen LogP contribution is 2.28. The standard InChI is InChI=1S/C14H17N3O2S/c1-2-19-14(18)17-8-6-16(7-9-17)13-11-4-10-20-12(11)3-5-15-13/h3-5,10H,2,6-9H2,1H3. The molecule has 2 aromatic heterocycles. The van der Waals surface area contributed by atoms with Crippen LogP contribution in [0.4, 0.5) is 10.6 Å². The van der Waals surface area contributed by atoms with Crippen LogP contribution in [0.1, 0.15) is 6.92 Å². The first-order valence-electron chi connectivity index (χ1n) is 6.78. The number of rotatable bonds is 2. The zero-order valence-electron chi connectivity index (χ0n) is 11.4. The van der Waals surface area contributed by atoms with E-state index in [4.69, 9.17) is 4.74 Å². The molecular formula is C14H17N3O2S. The van der Waals surface area contributed by atoms with Gasteiger partial charge >= 0.3 is 6.09 Å². The molecule has 1 aliphatic heterocycles. The van der Waals surface area contributed by atoms with Gasteiger partial charge in [-0.1, -0.05) is 0 Å². The third-order valence-electron chi connectivity index (χ3n) is 3.46. The number of aromatic nitrogens is 1. The van der Waals surface area contributed by atoms with E-state index < -0.39 is 0 Å². The molecule has 0 saturated carbocycles. The summed E-state index contributed by atoms with van der Waals surface area (Å²) in [6.45, 7) is 5.20. The molecule has 1 fully saturated rings. The van der Waals surface area contributed by atoms with Crippen LogP contribution in [0.25, 0.3) is 10.1 Å². The van der Waals surface area contributed by atoms with Crippen molar-refractivity contribution in [2.45, 2.75) is 6.92 Å². The molecule has 0 aromatic carbocycles. The summed E-state index contributed by atoms with van der Waals surface area (Å²) >= 11 is 1.73. The number of pyridine rings is 1. The number of fused-ring (bicyclic) bond motifs is 1. The second-order valence-corrected chi connectivity index (χ2v) is 5.59. The summed E-state index contributed by atoms with van der Waals surface area (Å²) in [4.78, 5) is 20.2. The minimum Gasteiger partial charge on any atom is -0.450 e. The molecule has 6 heteroatoms. The van der Waals surface area contributed by atoms with Gasteiger partial charge in [0.1, 0.15) is 5.82 Å². The smallest absolute Gasteiger partial charge is 0.409 e. The van der Waals surface area contributed by atoms with Crippen LogP contribution in [0.15, 0.2) is 23.7 Å². The van der Waals surface area contributed by atoms with Gasteiger partial charge in [0, 0.05) is 42.5 Å². The van der Waals surface area contributed by atoms with Gasteiger partial charge in [0.05, 0.1) is 6.61 Å². The Balaban J connectivity index is 1.72. The molecule has 3 heterocycles. The van der Waals surface area contributed by atoms with Crippen molar-refractivity contribution >= 4 is 33.3 Å². The number of thiophene rings is 1. The Morgan fingerprint density at radius 3 is 2.90 bits per heavy atom. The maximum atomic E-state index is 11.7. The normalized spacial score (nSPS) is 15.7. The third kappa shape index (κ3) is 2.43. The maximum Gasteiger partial charge on any atom is 0.409 e. The van der Waals surface area contributed by atoms with Crippen LogP contribution in [0, 0.1) is 0 Å². The lowest BCUT2D eigenvalue weighted by Crippen LogP contribution is -2.49. The summed E-state index contributed by atoms with van der Waals surface area (Å²) in [6.07, 6.45) is 1.64. The lowest BCUT2D eigenvalue weighted by Gasteiger charge is -2.35. The molecule has 0 bridgehead atoms. The van der Waals surface area contributed by atoms with Crippen LogP contribution in [0.5, 0.6) is 0 Å². The van der Waals surface area contributed by atoms with E-state index in [0.29, 0.717) is 19.7 Å². The van der Waals surface area contributed by atoms with E-state index in [1.165, 1.54) is 10.1 Å². The first-order chi connectivity index (χ1) is 9.79. The zero-order chi connectivity index (χ0) is 13.9. The predicted molar refractivity (Wildman–Crippen MR) is 80.4 cm³/mol. The van der Waals surface area contributed by atoms with E-state index in [2.05, 4.69) is 21.3 Å². The fourth-order valence-electron chi connectivity index (χ4n) is 2.45. The van der Waals surface area contributed by atoms with Gasteiger partial charge in [-0.2, -0.15) is 0 Å². The minimum absolute atomic E-state index is 0.214. The first-order valence-corrected chi connectivity index (χ1v) is 7.66. The second kappa shape index (κ2) is 5.66. The van der Waals surface area contributed by atoms with E-state index in [0.717, 1.165) is 18.9 Å².